The van der Waals surface area contributed by atoms with Crippen LogP contribution >= 0.6 is 12.2 Å². The molecule has 1 amide bonds. The summed E-state index contributed by atoms with van der Waals surface area (Å²) >= 11 is 4.85. The van der Waals surface area contributed by atoms with E-state index in [-0.39, 0.29) is 5.91 Å². The van der Waals surface area contributed by atoms with Crippen molar-refractivity contribution >= 4 is 23.1 Å². The van der Waals surface area contributed by atoms with Gasteiger partial charge in [-0.2, -0.15) is 0 Å². The lowest BCUT2D eigenvalue weighted by atomic mass is 10.1. The fourth-order valence-corrected chi connectivity index (χ4v) is 2.10. The highest BCUT2D eigenvalue weighted by Gasteiger charge is 2.18. The number of ether oxygens (including phenoxy) is 2. The number of carbonyl (C=O) groups is 1. The lowest BCUT2D eigenvalue weighted by Crippen LogP contribution is -2.33. The van der Waals surface area contributed by atoms with E-state index in [1.807, 2.05) is 6.92 Å². The summed E-state index contributed by atoms with van der Waals surface area (Å²) in [5, 5.41) is 0. The first kappa shape index (κ1) is 14.6. The van der Waals surface area contributed by atoms with Crippen LogP contribution in [0.5, 0.6) is 11.5 Å². The molecule has 0 radical (unpaired) electrons. The summed E-state index contributed by atoms with van der Waals surface area (Å²) in [4.78, 5) is 14.5. The Morgan fingerprint density at radius 3 is 2.70 bits per heavy atom. The van der Waals surface area contributed by atoms with Gasteiger partial charge in [-0.25, -0.2) is 0 Å². The second-order valence-corrected chi connectivity index (χ2v) is 4.98. The molecule has 0 saturated carbocycles. The largest absolute Gasteiger partial charge is 0.486 e. The van der Waals surface area contributed by atoms with Gasteiger partial charge >= 0.3 is 0 Å². The van der Waals surface area contributed by atoms with Gasteiger partial charge in [0.15, 0.2) is 11.5 Å². The third kappa shape index (κ3) is 3.39. The van der Waals surface area contributed by atoms with Gasteiger partial charge in [0.05, 0.1) is 4.99 Å². The lowest BCUT2D eigenvalue weighted by molar-refractivity contribution is 0.0767. The van der Waals surface area contributed by atoms with Crippen LogP contribution in [0.1, 0.15) is 23.7 Å². The molecule has 1 aliphatic rings. The maximum atomic E-state index is 12.4. The van der Waals surface area contributed by atoms with Crippen LogP contribution in [0, 0.1) is 0 Å². The molecule has 108 valence electrons. The molecule has 0 spiro atoms. The van der Waals surface area contributed by atoms with E-state index in [4.69, 9.17) is 27.4 Å². The van der Waals surface area contributed by atoms with Crippen molar-refractivity contribution in [3.63, 3.8) is 0 Å². The Labute approximate surface area is 123 Å². The molecular formula is C14H18N2O3S. The third-order valence-corrected chi connectivity index (χ3v) is 3.29. The number of nitrogens with two attached hydrogens (primary N) is 1. The SMILES string of the molecule is CCN(CCC(N)=S)C(=O)c1ccc2c(c1)OCCO2. The molecule has 6 heteroatoms. The molecule has 2 rings (SSSR count). The Morgan fingerprint density at radius 2 is 2.05 bits per heavy atom. The molecule has 1 aliphatic heterocycles. The Kier molecular flexibility index (Phi) is 4.79. The number of hydrogen-bond acceptors (Lipinski definition) is 4. The second kappa shape index (κ2) is 6.56. The maximum Gasteiger partial charge on any atom is 0.253 e. The molecule has 0 fully saturated rings. The minimum absolute atomic E-state index is 0.0549. The second-order valence-electron chi connectivity index (χ2n) is 4.46. The Morgan fingerprint density at radius 1 is 1.35 bits per heavy atom. The van der Waals surface area contributed by atoms with Gasteiger partial charge < -0.3 is 20.1 Å². The molecule has 1 aromatic carbocycles. The molecule has 1 aromatic rings. The Hall–Kier alpha value is -1.82. The van der Waals surface area contributed by atoms with Crippen LogP contribution in [0.15, 0.2) is 18.2 Å². The van der Waals surface area contributed by atoms with Gasteiger partial charge in [0.25, 0.3) is 5.91 Å². The molecule has 1 heterocycles. The van der Waals surface area contributed by atoms with Crippen molar-refractivity contribution in [3.8, 4) is 11.5 Å². The van der Waals surface area contributed by atoms with Gasteiger partial charge in [0.1, 0.15) is 13.2 Å². The first-order valence-corrected chi connectivity index (χ1v) is 7.00. The van der Waals surface area contributed by atoms with E-state index in [1.165, 1.54) is 0 Å². The summed E-state index contributed by atoms with van der Waals surface area (Å²) in [6.07, 6.45) is 0.527. The number of fused-ring (bicyclic) bond motifs is 1. The third-order valence-electron chi connectivity index (χ3n) is 3.09. The van der Waals surface area contributed by atoms with Crippen molar-refractivity contribution in [1.82, 2.24) is 4.90 Å². The van der Waals surface area contributed by atoms with Crippen molar-refractivity contribution < 1.29 is 14.3 Å². The number of hydrogen-bond donors (Lipinski definition) is 1. The quantitative estimate of drug-likeness (QED) is 0.836. The molecule has 0 bridgehead atoms. The van der Waals surface area contributed by atoms with Crippen LogP contribution in [0.4, 0.5) is 0 Å². The topological polar surface area (TPSA) is 64.8 Å². The zero-order valence-electron chi connectivity index (χ0n) is 11.4. The molecular weight excluding hydrogens is 276 g/mol. The molecule has 0 unspecified atom stereocenters. The van der Waals surface area contributed by atoms with Crippen LogP contribution in [-0.4, -0.2) is 42.1 Å². The number of benzene rings is 1. The summed E-state index contributed by atoms with van der Waals surface area (Å²) in [7, 11) is 0. The van der Waals surface area contributed by atoms with Crippen LogP contribution in [0.2, 0.25) is 0 Å². The van der Waals surface area contributed by atoms with E-state index in [2.05, 4.69) is 0 Å². The van der Waals surface area contributed by atoms with Crippen molar-refractivity contribution in [3.05, 3.63) is 23.8 Å². The first-order valence-electron chi connectivity index (χ1n) is 6.59. The predicted molar refractivity (Wildman–Crippen MR) is 80.4 cm³/mol. The van der Waals surface area contributed by atoms with Crippen LogP contribution in [0.3, 0.4) is 0 Å². The van der Waals surface area contributed by atoms with Gasteiger partial charge in [-0.05, 0) is 25.1 Å². The van der Waals surface area contributed by atoms with E-state index in [1.54, 1.807) is 23.1 Å². The summed E-state index contributed by atoms with van der Waals surface area (Å²) in [5.41, 5.74) is 6.06. The molecule has 0 aliphatic carbocycles. The van der Waals surface area contributed by atoms with Gasteiger partial charge in [0.2, 0.25) is 0 Å². The van der Waals surface area contributed by atoms with Gasteiger partial charge in [-0.1, -0.05) is 12.2 Å². The standard InChI is InChI=1S/C14H18N2O3S/c1-2-16(6-5-13(15)20)14(17)10-3-4-11-12(9-10)19-8-7-18-11/h3-4,9H,2,5-8H2,1H3,(H2,15,20). The number of amides is 1. The van der Waals surface area contributed by atoms with Crippen LogP contribution < -0.4 is 15.2 Å². The van der Waals surface area contributed by atoms with Crippen molar-refractivity contribution in [2.45, 2.75) is 13.3 Å². The average molecular weight is 294 g/mol. The van der Waals surface area contributed by atoms with E-state index < -0.39 is 0 Å². The van der Waals surface area contributed by atoms with E-state index >= 15 is 0 Å². The highest BCUT2D eigenvalue weighted by molar-refractivity contribution is 7.80. The van der Waals surface area contributed by atoms with E-state index in [0.717, 1.165) is 0 Å². The van der Waals surface area contributed by atoms with Gasteiger partial charge in [-0.15, -0.1) is 0 Å². The predicted octanol–water partition coefficient (Wildman–Crippen LogP) is 1.60. The highest BCUT2D eigenvalue weighted by Crippen LogP contribution is 2.31. The zero-order chi connectivity index (χ0) is 14.5. The molecule has 0 saturated heterocycles. The highest BCUT2D eigenvalue weighted by atomic mass is 32.1. The summed E-state index contributed by atoms with van der Waals surface area (Å²) in [6.45, 7) is 4.10. The zero-order valence-corrected chi connectivity index (χ0v) is 12.2. The van der Waals surface area contributed by atoms with Crippen molar-refractivity contribution in [2.24, 2.45) is 5.73 Å². The fraction of sp³-hybridized carbons (Fsp3) is 0.429. The smallest absolute Gasteiger partial charge is 0.253 e. The monoisotopic (exact) mass is 294 g/mol. The van der Waals surface area contributed by atoms with Crippen LogP contribution in [-0.2, 0) is 0 Å². The van der Waals surface area contributed by atoms with Crippen molar-refractivity contribution in [2.75, 3.05) is 26.3 Å². The minimum Gasteiger partial charge on any atom is -0.486 e. The van der Waals surface area contributed by atoms with Crippen molar-refractivity contribution in [1.29, 1.82) is 0 Å². The molecule has 0 atom stereocenters. The normalized spacial score (nSPS) is 12.8. The number of rotatable bonds is 5. The summed E-state index contributed by atoms with van der Waals surface area (Å²) < 4.78 is 10.9. The molecule has 2 N–H and O–H groups in total. The van der Waals surface area contributed by atoms with Crippen LogP contribution in [0.25, 0.3) is 0 Å². The van der Waals surface area contributed by atoms with Gasteiger partial charge in [0, 0.05) is 25.1 Å². The lowest BCUT2D eigenvalue weighted by Gasteiger charge is -2.22. The Bertz CT molecular complexity index is 519. The number of thiocarbonyl (C=S) groups is 1. The minimum atomic E-state index is -0.0549. The van der Waals surface area contributed by atoms with E-state index in [9.17, 15) is 4.79 Å². The van der Waals surface area contributed by atoms with Gasteiger partial charge in [-0.3, -0.25) is 4.79 Å². The fourth-order valence-electron chi connectivity index (χ4n) is 2.01. The molecule has 0 aromatic heterocycles. The molecule has 5 nitrogen and oxygen atoms in total. The Balaban J connectivity index is 2.12. The summed E-state index contributed by atoms with van der Waals surface area (Å²) in [6, 6.07) is 5.24. The number of carbonyl (C=O) groups excluding carboxylic acids is 1. The van der Waals surface area contributed by atoms with E-state index in [0.29, 0.717) is 54.8 Å². The maximum absolute atomic E-state index is 12.4. The first-order chi connectivity index (χ1) is 9.61. The number of nitrogens with zero attached hydrogens (tertiary/aromatic N) is 1. The summed E-state index contributed by atoms with van der Waals surface area (Å²) in [5.74, 6) is 1.24. The molecule has 20 heavy (non-hydrogen) atoms. The average Bonchev–Trinajstić information content (AvgIpc) is 2.47.